The standard InChI is InChI=1S/C33H31F2N5O3S/c1-36-32(41)30-25-15-24(28(39(2)44-3)17-29(25)43-31(30)20-8-12-23(35)13-9-20)21-5-4-14-40(18-21)33(42)27-16-26(37-38-27)19-6-10-22(34)11-7-19/h6-13,15-17,21H,4-5,14,18H2,1-3H3,(H,36,41)(H,37,38)/t21-/m1/s1. The number of aromatic nitrogens is 2. The summed E-state index contributed by atoms with van der Waals surface area (Å²) in [6, 6.07) is 17.5. The highest BCUT2D eigenvalue weighted by Crippen LogP contribution is 2.42. The fraction of sp³-hybridized carbons (Fsp3) is 0.242. The van der Waals surface area contributed by atoms with Crippen molar-refractivity contribution in [3.63, 3.8) is 0 Å². The second kappa shape index (κ2) is 12.2. The Labute approximate surface area is 257 Å². The lowest BCUT2D eigenvalue weighted by Crippen LogP contribution is -2.39. The number of furan rings is 1. The van der Waals surface area contributed by atoms with Crippen LogP contribution in [0.15, 0.2) is 71.1 Å². The number of carbonyl (C=O) groups is 2. The molecule has 0 saturated carbocycles. The second-order valence-corrected chi connectivity index (χ2v) is 11.7. The van der Waals surface area contributed by atoms with Crippen molar-refractivity contribution in [2.24, 2.45) is 0 Å². The first-order valence-electron chi connectivity index (χ1n) is 14.2. The molecule has 0 aliphatic carbocycles. The highest BCUT2D eigenvalue weighted by Gasteiger charge is 2.31. The van der Waals surface area contributed by atoms with Gasteiger partial charge in [0.25, 0.3) is 11.8 Å². The van der Waals surface area contributed by atoms with E-state index in [2.05, 4.69) is 15.5 Å². The van der Waals surface area contributed by atoms with E-state index in [1.165, 1.54) is 24.3 Å². The molecular formula is C33H31F2N5O3S. The van der Waals surface area contributed by atoms with Gasteiger partial charge in [0.2, 0.25) is 0 Å². The summed E-state index contributed by atoms with van der Waals surface area (Å²) in [6.45, 7) is 1.07. The number of amides is 2. The quantitative estimate of drug-likeness (QED) is 0.194. The van der Waals surface area contributed by atoms with Gasteiger partial charge in [-0.05, 0) is 79.1 Å². The van der Waals surface area contributed by atoms with Gasteiger partial charge in [-0.1, -0.05) is 11.9 Å². The van der Waals surface area contributed by atoms with Crippen LogP contribution in [0.2, 0.25) is 0 Å². The molecule has 1 aliphatic heterocycles. The van der Waals surface area contributed by atoms with Crippen LogP contribution in [0, 0.1) is 11.6 Å². The number of hydrogen-bond acceptors (Lipinski definition) is 6. The lowest BCUT2D eigenvalue weighted by atomic mass is 9.88. The third-order valence-electron chi connectivity index (χ3n) is 8.11. The van der Waals surface area contributed by atoms with Gasteiger partial charge >= 0.3 is 0 Å². The van der Waals surface area contributed by atoms with E-state index in [9.17, 15) is 18.4 Å². The Hall–Kier alpha value is -4.64. The number of anilines is 1. The number of nitrogens with zero attached hydrogens (tertiary/aromatic N) is 3. The maximum Gasteiger partial charge on any atom is 0.271 e. The number of H-pyrrole nitrogens is 1. The number of halogens is 2. The first kappa shape index (κ1) is 29.4. The Morgan fingerprint density at radius 3 is 2.39 bits per heavy atom. The molecule has 8 nitrogen and oxygen atoms in total. The number of fused-ring (bicyclic) bond motifs is 1. The van der Waals surface area contributed by atoms with Crippen molar-refractivity contribution >= 4 is 40.4 Å². The summed E-state index contributed by atoms with van der Waals surface area (Å²) in [7, 11) is 3.53. The number of aromatic amines is 1. The van der Waals surface area contributed by atoms with Gasteiger partial charge in [0.05, 0.1) is 16.9 Å². The highest BCUT2D eigenvalue weighted by molar-refractivity contribution is 7.99. The average molecular weight is 616 g/mol. The van der Waals surface area contributed by atoms with Gasteiger partial charge in [-0.3, -0.25) is 14.7 Å². The molecule has 1 aliphatic rings. The first-order chi connectivity index (χ1) is 21.3. The molecule has 0 spiro atoms. The Bertz CT molecular complexity index is 1840. The predicted molar refractivity (Wildman–Crippen MR) is 169 cm³/mol. The van der Waals surface area contributed by atoms with Gasteiger partial charge in [0.15, 0.2) is 0 Å². The molecule has 0 bridgehead atoms. The fourth-order valence-electron chi connectivity index (χ4n) is 5.79. The molecule has 0 unspecified atom stereocenters. The zero-order chi connectivity index (χ0) is 31.0. The van der Waals surface area contributed by atoms with Gasteiger partial charge in [-0.15, -0.1) is 0 Å². The summed E-state index contributed by atoms with van der Waals surface area (Å²) in [5.41, 5.74) is 5.07. The molecule has 6 rings (SSSR count). The van der Waals surface area contributed by atoms with Gasteiger partial charge < -0.3 is 18.9 Å². The first-order valence-corrected chi connectivity index (χ1v) is 15.4. The van der Waals surface area contributed by atoms with Crippen LogP contribution in [-0.4, -0.2) is 60.4 Å². The summed E-state index contributed by atoms with van der Waals surface area (Å²) in [5, 5.41) is 10.5. The SMILES string of the molecule is CNC(=O)c1c(-c2ccc(F)cc2)oc2cc(N(C)SC)c([C@@H]3CCCN(C(=O)c4cc(-c5ccc(F)cc5)n[nH]4)C3)cc12. The number of piperidine rings is 1. The van der Waals surface area contributed by atoms with Crippen molar-refractivity contribution in [3.8, 4) is 22.6 Å². The molecule has 1 saturated heterocycles. The van der Waals surface area contributed by atoms with Crippen molar-refractivity contribution in [1.29, 1.82) is 0 Å². The van der Waals surface area contributed by atoms with Crippen LogP contribution in [0.3, 0.4) is 0 Å². The Morgan fingerprint density at radius 2 is 1.73 bits per heavy atom. The summed E-state index contributed by atoms with van der Waals surface area (Å²) in [6.07, 6.45) is 3.63. The minimum Gasteiger partial charge on any atom is -0.455 e. The van der Waals surface area contributed by atoms with Crippen molar-refractivity contribution in [2.45, 2.75) is 18.8 Å². The van der Waals surface area contributed by atoms with E-state index in [4.69, 9.17) is 4.42 Å². The van der Waals surface area contributed by atoms with E-state index in [0.717, 1.165) is 24.1 Å². The van der Waals surface area contributed by atoms with Crippen LogP contribution in [0.25, 0.3) is 33.6 Å². The van der Waals surface area contributed by atoms with E-state index < -0.39 is 0 Å². The largest absolute Gasteiger partial charge is 0.455 e. The molecule has 44 heavy (non-hydrogen) atoms. The summed E-state index contributed by atoms with van der Waals surface area (Å²) >= 11 is 1.54. The maximum atomic E-state index is 13.7. The molecule has 2 amide bonds. The monoisotopic (exact) mass is 615 g/mol. The summed E-state index contributed by atoms with van der Waals surface area (Å²) < 4.78 is 35.4. The lowest BCUT2D eigenvalue weighted by molar-refractivity contribution is 0.0701. The minimum absolute atomic E-state index is 0.0112. The van der Waals surface area contributed by atoms with E-state index in [0.29, 0.717) is 57.9 Å². The third kappa shape index (κ3) is 5.55. The topological polar surface area (TPSA) is 94.5 Å². The van der Waals surface area contributed by atoms with E-state index >= 15 is 0 Å². The molecule has 11 heteroatoms. The Balaban J connectivity index is 1.36. The van der Waals surface area contributed by atoms with Crippen LogP contribution in [0.5, 0.6) is 0 Å². The van der Waals surface area contributed by atoms with Gasteiger partial charge in [-0.2, -0.15) is 5.10 Å². The molecule has 0 radical (unpaired) electrons. The molecule has 2 N–H and O–H groups in total. The fourth-order valence-corrected chi connectivity index (χ4v) is 6.14. The Kier molecular flexibility index (Phi) is 8.13. The minimum atomic E-state index is -0.379. The lowest BCUT2D eigenvalue weighted by Gasteiger charge is -2.34. The predicted octanol–water partition coefficient (Wildman–Crippen LogP) is 6.86. The summed E-state index contributed by atoms with van der Waals surface area (Å²) in [5.74, 6) is -0.834. The van der Waals surface area contributed by atoms with Gasteiger partial charge in [-0.25, -0.2) is 8.78 Å². The summed E-state index contributed by atoms with van der Waals surface area (Å²) in [4.78, 5) is 28.6. The molecule has 3 heterocycles. The number of rotatable bonds is 7. The van der Waals surface area contributed by atoms with E-state index in [1.54, 1.807) is 49.3 Å². The normalized spacial score (nSPS) is 15.0. The number of benzene rings is 3. The van der Waals surface area contributed by atoms with Crippen LogP contribution in [0.4, 0.5) is 14.5 Å². The van der Waals surface area contributed by atoms with Crippen LogP contribution >= 0.6 is 11.9 Å². The third-order valence-corrected chi connectivity index (χ3v) is 8.85. The van der Waals surface area contributed by atoms with Crippen LogP contribution < -0.4 is 9.62 Å². The molecule has 1 atom stereocenters. The highest BCUT2D eigenvalue weighted by atomic mass is 32.2. The van der Waals surface area contributed by atoms with Gasteiger partial charge in [0.1, 0.15) is 28.7 Å². The molecule has 3 aromatic carbocycles. The van der Waals surface area contributed by atoms with Crippen molar-refractivity contribution in [3.05, 3.63) is 95.2 Å². The average Bonchev–Trinajstić information content (AvgIpc) is 3.69. The van der Waals surface area contributed by atoms with E-state index in [-0.39, 0.29) is 29.4 Å². The van der Waals surface area contributed by atoms with Crippen molar-refractivity contribution in [2.75, 3.05) is 37.7 Å². The van der Waals surface area contributed by atoms with Crippen LogP contribution in [-0.2, 0) is 0 Å². The second-order valence-electron chi connectivity index (χ2n) is 10.7. The molecular weight excluding hydrogens is 584 g/mol. The molecule has 2 aromatic heterocycles. The zero-order valence-corrected chi connectivity index (χ0v) is 25.3. The number of carbonyl (C=O) groups excluding carboxylic acids is 2. The van der Waals surface area contributed by atoms with E-state index in [1.807, 2.05) is 34.6 Å². The maximum absolute atomic E-state index is 13.7. The van der Waals surface area contributed by atoms with Gasteiger partial charge in [0, 0.05) is 61.9 Å². The van der Waals surface area contributed by atoms with Crippen molar-refractivity contribution in [1.82, 2.24) is 20.4 Å². The molecule has 5 aromatic rings. The zero-order valence-electron chi connectivity index (χ0n) is 24.5. The number of hydrogen-bond donors (Lipinski definition) is 2. The smallest absolute Gasteiger partial charge is 0.271 e. The van der Waals surface area contributed by atoms with Crippen LogP contribution in [0.1, 0.15) is 45.2 Å². The Morgan fingerprint density at radius 1 is 1.05 bits per heavy atom. The molecule has 226 valence electrons. The van der Waals surface area contributed by atoms with Crippen molar-refractivity contribution < 1.29 is 22.8 Å². The number of likely N-dealkylation sites (tertiary alicyclic amines) is 1. The molecule has 1 fully saturated rings. The number of nitrogens with one attached hydrogen (secondary N) is 2.